The summed E-state index contributed by atoms with van der Waals surface area (Å²) < 4.78 is 21.8. The fraction of sp³-hybridized carbons (Fsp3) is 0.308. The number of ketones is 1. The Morgan fingerprint density at radius 1 is 0.971 bits per heavy atom. The molecule has 0 fully saturated rings. The Morgan fingerprint density at radius 3 is 2.41 bits per heavy atom. The normalized spacial score (nSPS) is 19.2. The van der Waals surface area contributed by atoms with Gasteiger partial charge in [-0.05, 0) is 54.7 Å². The first-order chi connectivity index (χ1) is 16.4. The number of phenols is 1. The first-order valence-electron chi connectivity index (χ1n) is 11.0. The van der Waals surface area contributed by atoms with Crippen molar-refractivity contribution in [2.75, 3.05) is 26.6 Å². The van der Waals surface area contributed by atoms with Gasteiger partial charge in [-0.15, -0.1) is 0 Å². The Kier molecular flexibility index (Phi) is 5.43. The number of anilines is 1. The zero-order chi connectivity index (χ0) is 24.0. The number of ether oxygens (including phenoxy) is 3. The number of carbonyl (C=O) groups excluding carboxylic acids is 1. The van der Waals surface area contributed by atoms with Gasteiger partial charge in [0.05, 0.1) is 32.6 Å². The van der Waals surface area contributed by atoms with Crippen molar-refractivity contribution in [1.82, 2.24) is 5.16 Å². The zero-order valence-corrected chi connectivity index (χ0v) is 19.5. The Bertz CT molecular complexity index is 1310. The van der Waals surface area contributed by atoms with Crippen LogP contribution < -0.4 is 19.5 Å². The summed E-state index contributed by atoms with van der Waals surface area (Å²) in [6.45, 7) is 1.88. The number of benzene rings is 2. The highest BCUT2D eigenvalue weighted by molar-refractivity contribution is 6.01. The summed E-state index contributed by atoms with van der Waals surface area (Å²) in [7, 11) is 4.69. The van der Waals surface area contributed by atoms with Gasteiger partial charge in [-0.3, -0.25) is 4.79 Å². The number of nitrogens with one attached hydrogen (secondary N) is 1. The number of hydrogen-bond donors (Lipinski definition) is 2. The molecular weight excluding hydrogens is 436 g/mol. The van der Waals surface area contributed by atoms with E-state index in [4.69, 9.17) is 18.7 Å². The SMILES string of the molecule is COc1cc([C@H]2CC(=O)C3=C(C2)Nc2onc(C)c2[C@@H]3c2ccc(OC)c(OC)c2)ccc1O. The van der Waals surface area contributed by atoms with Gasteiger partial charge in [0.25, 0.3) is 0 Å². The van der Waals surface area contributed by atoms with Crippen LogP contribution in [0.25, 0.3) is 0 Å². The van der Waals surface area contributed by atoms with E-state index in [1.807, 2.05) is 31.2 Å². The second kappa shape index (κ2) is 8.44. The maximum atomic E-state index is 13.7. The Hall–Kier alpha value is -3.94. The van der Waals surface area contributed by atoms with Gasteiger partial charge in [-0.25, -0.2) is 0 Å². The molecule has 1 aliphatic carbocycles. The fourth-order valence-electron chi connectivity index (χ4n) is 5.02. The summed E-state index contributed by atoms with van der Waals surface area (Å²) in [5, 5.41) is 17.5. The molecule has 0 bridgehead atoms. The molecule has 0 unspecified atom stereocenters. The number of rotatable bonds is 5. The van der Waals surface area contributed by atoms with Gasteiger partial charge < -0.3 is 29.2 Å². The lowest BCUT2D eigenvalue weighted by molar-refractivity contribution is -0.116. The van der Waals surface area contributed by atoms with Crippen molar-refractivity contribution in [1.29, 1.82) is 0 Å². The molecule has 0 spiro atoms. The second-order valence-electron chi connectivity index (χ2n) is 8.54. The highest BCUT2D eigenvalue weighted by Crippen LogP contribution is 2.50. The molecule has 8 nitrogen and oxygen atoms in total. The molecule has 176 valence electrons. The molecule has 0 amide bonds. The number of allylic oxidation sites excluding steroid dienone is 2. The molecule has 2 aliphatic rings. The van der Waals surface area contributed by atoms with Crippen molar-refractivity contribution in [3.8, 4) is 23.0 Å². The summed E-state index contributed by atoms with van der Waals surface area (Å²) >= 11 is 0. The van der Waals surface area contributed by atoms with Crippen LogP contribution in [0.1, 0.15) is 47.1 Å². The van der Waals surface area contributed by atoms with Crippen LogP contribution in [-0.4, -0.2) is 37.4 Å². The number of fused-ring (bicyclic) bond motifs is 1. The van der Waals surface area contributed by atoms with Crippen LogP contribution in [0.15, 0.2) is 52.2 Å². The summed E-state index contributed by atoms with van der Waals surface area (Å²) in [5.41, 5.74) is 4.94. The van der Waals surface area contributed by atoms with Crippen LogP contribution in [0.3, 0.4) is 0 Å². The van der Waals surface area contributed by atoms with E-state index < -0.39 is 0 Å². The molecule has 34 heavy (non-hydrogen) atoms. The van der Waals surface area contributed by atoms with E-state index in [0.29, 0.717) is 41.5 Å². The number of methoxy groups -OCH3 is 3. The van der Waals surface area contributed by atoms with Gasteiger partial charge in [0.15, 0.2) is 28.8 Å². The van der Waals surface area contributed by atoms with Crippen molar-refractivity contribution in [3.63, 3.8) is 0 Å². The first kappa shape index (κ1) is 21.9. The van der Waals surface area contributed by atoms with Gasteiger partial charge in [0, 0.05) is 23.6 Å². The van der Waals surface area contributed by atoms with Gasteiger partial charge in [0.1, 0.15) is 0 Å². The second-order valence-corrected chi connectivity index (χ2v) is 8.54. The number of aryl methyl sites for hydroxylation is 1. The van der Waals surface area contributed by atoms with E-state index >= 15 is 0 Å². The number of aromatic hydroxyl groups is 1. The maximum Gasteiger partial charge on any atom is 0.233 e. The van der Waals surface area contributed by atoms with Crippen molar-refractivity contribution in [2.24, 2.45) is 0 Å². The minimum Gasteiger partial charge on any atom is -0.504 e. The molecule has 2 N–H and O–H groups in total. The Balaban J connectivity index is 1.60. The zero-order valence-electron chi connectivity index (χ0n) is 19.5. The minimum absolute atomic E-state index is 0.0526. The van der Waals surface area contributed by atoms with E-state index in [-0.39, 0.29) is 23.4 Å². The largest absolute Gasteiger partial charge is 0.504 e. The molecular formula is C26H26N2O6. The highest BCUT2D eigenvalue weighted by Gasteiger charge is 2.41. The van der Waals surface area contributed by atoms with Gasteiger partial charge in [-0.2, -0.15) is 0 Å². The molecule has 2 aromatic carbocycles. The topological polar surface area (TPSA) is 103 Å². The number of carbonyl (C=O) groups is 1. The molecule has 8 heteroatoms. The predicted octanol–water partition coefficient (Wildman–Crippen LogP) is 4.67. The van der Waals surface area contributed by atoms with Crippen molar-refractivity contribution in [3.05, 3.63) is 70.1 Å². The lowest BCUT2D eigenvalue weighted by Gasteiger charge is -2.34. The molecule has 0 radical (unpaired) electrons. The fourth-order valence-corrected chi connectivity index (χ4v) is 5.02. The van der Waals surface area contributed by atoms with Crippen molar-refractivity contribution in [2.45, 2.75) is 31.6 Å². The van der Waals surface area contributed by atoms with Crippen molar-refractivity contribution >= 4 is 11.7 Å². The molecule has 3 aromatic rings. The van der Waals surface area contributed by atoms with E-state index in [0.717, 1.165) is 28.1 Å². The molecule has 0 saturated carbocycles. The smallest absolute Gasteiger partial charge is 0.233 e. The van der Waals surface area contributed by atoms with Crippen LogP contribution in [0.2, 0.25) is 0 Å². The third-order valence-corrected chi connectivity index (χ3v) is 6.67. The number of nitrogens with zero attached hydrogens (tertiary/aromatic N) is 1. The van der Waals surface area contributed by atoms with Gasteiger partial charge in [0.2, 0.25) is 5.88 Å². The average Bonchev–Trinajstić information content (AvgIpc) is 3.22. The number of phenolic OH excluding ortho intramolecular Hbond substituents is 1. The van der Waals surface area contributed by atoms with Crippen LogP contribution in [0.4, 0.5) is 5.88 Å². The average molecular weight is 463 g/mol. The third-order valence-electron chi connectivity index (χ3n) is 6.67. The van der Waals surface area contributed by atoms with Crippen LogP contribution in [0.5, 0.6) is 23.0 Å². The Labute approximate surface area is 197 Å². The molecule has 2 atom stereocenters. The third kappa shape index (κ3) is 3.46. The van der Waals surface area contributed by atoms with E-state index in [1.54, 1.807) is 26.4 Å². The number of Topliss-reactive ketones (excluding diaryl/α,β-unsaturated/α-hetero) is 1. The predicted molar refractivity (Wildman–Crippen MR) is 125 cm³/mol. The maximum absolute atomic E-state index is 13.7. The lowest BCUT2D eigenvalue weighted by Crippen LogP contribution is -2.29. The summed E-state index contributed by atoms with van der Waals surface area (Å²) in [5.74, 6) is 1.87. The van der Waals surface area contributed by atoms with Crippen LogP contribution in [-0.2, 0) is 4.79 Å². The standard InChI is InChI=1S/C26H26N2O6/c1-13-23-24(15-6-8-20(31-2)22(12-15)33-4)25-17(27-26(23)34-28-13)9-16(10-19(25)30)14-5-7-18(29)21(11-14)32-3/h5-8,11-12,16,24,27,29H,9-10H2,1-4H3/t16-,24+/m1/s1. The monoisotopic (exact) mass is 462 g/mol. The summed E-state index contributed by atoms with van der Waals surface area (Å²) in [6.07, 6.45) is 0.954. The van der Waals surface area contributed by atoms with Crippen LogP contribution in [0, 0.1) is 6.92 Å². The summed E-state index contributed by atoms with van der Waals surface area (Å²) in [6, 6.07) is 10.9. The molecule has 1 aliphatic heterocycles. The minimum atomic E-state index is -0.333. The van der Waals surface area contributed by atoms with Crippen molar-refractivity contribution < 1.29 is 28.6 Å². The Morgan fingerprint density at radius 2 is 1.68 bits per heavy atom. The van der Waals surface area contributed by atoms with Gasteiger partial charge in [-0.1, -0.05) is 17.3 Å². The quantitative estimate of drug-likeness (QED) is 0.564. The van der Waals surface area contributed by atoms with Gasteiger partial charge >= 0.3 is 0 Å². The van der Waals surface area contributed by atoms with Crippen LogP contribution >= 0.6 is 0 Å². The van der Waals surface area contributed by atoms with E-state index in [2.05, 4.69) is 10.5 Å². The molecule has 1 aromatic heterocycles. The number of aromatic nitrogens is 1. The lowest BCUT2D eigenvalue weighted by atomic mass is 9.72. The molecule has 2 heterocycles. The first-order valence-corrected chi connectivity index (χ1v) is 11.0. The summed E-state index contributed by atoms with van der Waals surface area (Å²) in [4.78, 5) is 13.7. The number of hydrogen-bond acceptors (Lipinski definition) is 8. The van der Waals surface area contributed by atoms with E-state index in [1.165, 1.54) is 7.11 Å². The molecule has 5 rings (SSSR count). The molecule has 0 saturated heterocycles. The highest BCUT2D eigenvalue weighted by atomic mass is 16.5. The van der Waals surface area contributed by atoms with E-state index in [9.17, 15) is 9.90 Å².